The number of nitrogens with zero attached hydrogens (tertiary/aromatic N) is 1. The maximum atomic E-state index is 13.3. The molecule has 0 fully saturated rings. The molecule has 2 heterocycles. The van der Waals surface area contributed by atoms with Crippen molar-refractivity contribution >= 4 is 51.5 Å². The number of carbonyl (C=O) groups is 2. The molecule has 2 aromatic heterocycles. The molecule has 6 heteroatoms. The Labute approximate surface area is 202 Å². The molecule has 1 amide bonds. The van der Waals surface area contributed by atoms with Crippen molar-refractivity contribution in [3.05, 3.63) is 92.8 Å². The van der Waals surface area contributed by atoms with Crippen LogP contribution in [0.4, 0.5) is 5.69 Å². The number of aryl methyl sites for hydroxylation is 2. The second kappa shape index (κ2) is 9.23. The van der Waals surface area contributed by atoms with E-state index in [0.717, 1.165) is 55.8 Å². The summed E-state index contributed by atoms with van der Waals surface area (Å²) < 4.78 is 5.52. The Morgan fingerprint density at radius 3 is 2.59 bits per heavy atom. The highest BCUT2D eigenvalue weighted by molar-refractivity contribution is 7.10. The first-order valence-corrected chi connectivity index (χ1v) is 12.1. The lowest BCUT2D eigenvalue weighted by atomic mass is 10.0. The Balaban J connectivity index is 1.43. The van der Waals surface area contributed by atoms with Crippen molar-refractivity contribution in [2.45, 2.75) is 26.7 Å². The van der Waals surface area contributed by atoms with Crippen LogP contribution in [0.3, 0.4) is 0 Å². The average molecular weight is 469 g/mol. The highest BCUT2D eigenvalue weighted by atomic mass is 32.1. The molecule has 5 nitrogen and oxygen atoms in total. The van der Waals surface area contributed by atoms with Crippen molar-refractivity contribution in [2.75, 3.05) is 11.9 Å². The van der Waals surface area contributed by atoms with Crippen LogP contribution in [0.2, 0.25) is 0 Å². The Hall–Kier alpha value is -3.77. The first-order valence-electron chi connectivity index (χ1n) is 11.2. The van der Waals surface area contributed by atoms with Gasteiger partial charge in [0.2, 0.25) is 0 Å². The van der Waals surface area contributed by atoms with Gasteiger partial charge in [0.05, 0.1) is 16.8 Å². The van der Waals surface area contributed by atoms with Gasteiger partial charge in [-0.2, -0.15) is 0 Å². The highest BCUT2D eigenvalue weighted by Gasteiger charge is 2.28. The molecule has 0 bridgehead atoms. The fourth-order valence-electron chi connectivity index (χ4n) is 4.45. The highest BCUT2D eigenvalue weighted by Crippen LogP contribution is 2.38. The van der Waals surface area contributed by atoms with E-state index in [4.69, 9.17) is 9.72 Å². The summed E-state index contributed by atoms with van der Waals surface area (Å²) in [5.74, 6) is -0.858. The first kappa shape index (κ1) is 22.0. The second-order valence-electron chi connectivity index (χ2n) is 8.41. The Morgan fingerprint density at radius 1 is 1.03 bits per heavy atom. The number of rotatable bonds is 5. The summed E-state index contributed by atoms with van der Waals surface area (Å²) >= 11 is 1.67. The lowest BCUT2D eigenvalue weighted by Crippen LogP contribution is -2.22. The van der Waals surface area contributed by atoms with Crippen molar-refractivity contribution in [2.24, 2.45) is 0 Å². The lowest BCUT2D eigenvalue weighted by Gasteiger charge is -2.14. The largest absolute Gasteiger partial charge is 0.452 e. The van der Waals surface area contributed by atoms with Crippen LogP contribution in [-0.4, -0.2) is 23.5 Å². The van der Waals surface area contributed by atoms with Crippen LogP contribution in [0.15, 0.2) is 60.0 Å². The molecular formula is C28H24N2O3S. The number of hydrogen-bond acceptors (Lipinski definition) is 5. The van der Waals surface area contributed by atoms with E-state index < -0.39 is 5.97 Å². The molecule has 0 saturated heterocycles. The van der Waals surface area contributed by atoms with Gasteiger partial charge in [0.15, 0.2) is 6.61 Å². The van der Waals surface area contributed by atoms with Gasteiger partial charge >= 0.3 is 5.97 Å². The molecule has 34 heavy (non-hydrogen) atoms. The van der Waals surface area contributed by atoms with Gasteiger partial charge in [0, 0.05) is 16.0 Å². The van der Waals surface area contributed by atoms with E-state index in [1.54, 1.807) is 11.3 Å². The van der Waals surface area contributed by atoms with Crippen LogP contribution in [0, 0.1) is 13.8 Å². The molecule has 0 radical (unpaired) electrons. The molecule has 0 aliphatic heterocycles. The van der Waals surface area contributed by atoms with E-state index in [0.29, 0.717) is 12.0 Å². The number of para-hydroxylation sites is 2. The monoisotopic (exact) mass is 468 g/mol. The van der Waals surface area contributed by atoms with Crippen LogP contribution in [0.5, 0.6) is 0 Å². The van der Waals surface area contributed by atoms with Gasteiger partial charge in [0.1, 0.15) is 0 Å². The fourth-order valence-corrected chi connectivity index (χ4v) is 5.13. The number of pyridine rings is 1. The third-order valence-electron chi connectivity index (χ3n) is 6.09. The Kier molecular flexibility index (Phi) is 5.99. The summed E-state index contributed by atoms with van der Waals surface area (Å²) in [5.41, 5.74) is 6.78. The molecule has 2 aromatic carbocycles. The minimum atomic E-state index is -0.496. The van der Waals surface area contributed by atoms with Gasteiger partial charge in [-0.05, 0) is 72.5 Å². The third-order valence-corrected chi connectivity index (χ3v) is 6.90. The zero-order valence-electron chi connectivity index (χ0n) is 19.1. The van der Waals surface area contributed by atoms with E-state index in [1.807, 2.05) is 67.8 Å². The predicted octanol–water partition coefficient (Wildman–Crippen LogP) is 6.20. The van der Waals surface area contributed by atoms with Crippen molar-refractivity contribution in [1.82, 2.24) is 4.98 Å². The van der Waals surface area contributed by atoms with Gasteiger partial charge in [-0.25, -0.2) is 9.78 Å². The zero-order valence-corrected chi connectivity index (χ0v) is 19.9. The number of aromatic nitrogens is 1. The number of allylic oxidation sites excluding steroid dienone is 1. The number of amides is 1. The van der Waals surface area contributed by atoms with Crippen LogP contribution < -0.4 is 5.32 Å². The quantitative estimate of drug-likeness (QED) is 0.354. The second-order valence-corrected chi connectivity index (χ2v) is 9.39. The summed E-state index contributed by atoms with van der Waals surface area (Å²) in [6.45, 7) is 3.51. The smallest absolute Gasteiger partial charge is 0.339 e. The Morgan fingerprint density at radius 2 is 1.82 bits per heavy atom. The number of ether oxygens (including phenoxy) is 1. The van der Waals surface area contributed by atoms with E-state index in [-0.39, 0.29) is 12.5 Å². The summed E-state index contributed by atoms with van der Waals surface area (Å²) in [4.78, 5) is 31.9. The van der Waals surface area contributed by atoms with E-state index in [1.165, 1.54) is 0 Å². The number of esters is 1. The molecule has 1 aliphatic rings. The first-order chi connectivity index (χ1) is 16.5. The van der Waals surface area contributed by atoms with Crippen LogP contribution in [0.25, 0.3) is 22.6 Å². The number of carbonyl (C=O) groups excluding carboxylic acids is 2. The standard InChI is InChI=1S/C28H24N2O3S/c1-17-7-5-8-18(2)26(17)30-24(31)16-33-28(32)25-21-10-3-4-11-23(21)29-27-19(12-13-22(25)27)15-20-9-6-14-34-20/h3-11,14-15H,12-13,16H2,1-2H3,(H,30,31). The molecular weight excluding hydrogens is 444 g/mol. The fraction of sp³-hybridized carbons (Fsp3) is 0.179. The normalized spacial score (nSPS) is 13.8. The third kappa shape index (κ3) is 4.24. The molecule has 0 unspecified atom stereocenters. The summed E-state index contributed by atoms with van der Waals surface area (Å²) in [7, 11) is 0. The molecule has 0 spiro atoms. The molecule has 5 rings (SSSR count). The topological polar surface area (TPSA) is 68.3 Å². The zero-order chi connectivity index (χ0) is 23.7. The maximum Gasteiger partial charge on any atom is 0.339 e. The van der Waals surface area contributed by atoms with Gasteiger partial charge in [-0.3, -0.25) is 4.79 Å². The van der Waals surface area contributed by atoms with Gasteiger partial charge < -0.3 is 10.1 Å². The maximum absolute atomic E-state index is 13.3. The van der Waals surface area contributed by atoms with Crippen molar-refractivity contribution in [3.63, 3.8) is 0 Å². The SMILES string of the molecule is Cc1cccc(C)c1NC(=O)COC(=O)c1c2c(nc3ccccc13)C(=Cc1cccs1)CC2. The summed E-state index contributed by atoms with van der Waals surface area (Å²) in [6, 6.07) is 17.5. The van der Waals surface area contributed by atoms with Crippen molar-refractivity contribution in [3.8, 4) is 0 Å². The van der Waals surface area contributed by atoms with E-state index in [2.05, 4.69) is 17.5 Å². The van der Waals surface area contributed by atoms with Crippen LogP contribution in [0.1, 0.15) is 44.0 Å². The molecule has 1 N–H and O–H groups in total. The van der Waals surface area contributed by atoms with Gasteiger partial charge in [0.25, 0.3) is 5.91 Å². The van der Waals surface area contributed by atoms with E-state index >= 15 is 0 Å². The van der Waals surface area contributed by atoms with Gasteiger partial charge in [-0.1, -0.05) is 42.5 Å². The molecule has 0 saturated carbocycles. The van der Waals surface area contributed by atoms with Gasteiger partial charge in [-0.15, -0.1) is 11.3 Å². The molecule has 0 atom stereocenters. The number of anilines is 1. The number of fused-ring (bicyclic) bond motifs is 2. The molecule has 1 aliphatic carbocycles. The van der Waals surface area contributed by atoms with Crippen LogP contribution >= 0.6 is 11.3 Å². The number of thiophene rings is 1. The number of hydrogen-bond donors (Lipinski definition) is 1. The minimum absolute atomic E-state index is 0.351. The van der Waals surface area contributed by atoms with Crippen molar-refractivity contribution < 1.29 is 14.3 Å². The van der Waals surface area contributed by atoms with Crippen molar-refractivity contribution in [1.29, 1.82) is 0 Å². The minimum Gasteiger partial charge on any atom is -0.452 e. The average Bonchev–Trinajstić information content (AvgIpc) is 3.49. The number of nitrogens with one attached hydrogen (secondary N) is 1. The molecule has 4 aromatic rings. The number of benzene rings is 2. The predicted molar refractivity (Wildman–Crippen MR) is 137 cm³/mol. The lowest BCUT2D eigenvalue weighted by molar-refractivity contribution is -0.119. The molecule has 170 valence electrons. The summed E-state index contributed by atoms with van der Waals surface area (Å²) in [5, 5.41) is 5.66. The van der Waals surface area contributed by atoms with E-state index in [9.17, 15) is 9.59 Å². The summed E-state index contributed by atoms with van der Waals surface area (Å²) in [6.07, 6.45) is 3.67. The van der Waals surface area contributed by atoms with Crippen LogP contribution in [-0.2, 0) is 16.0 Å². The Bertz CT molecular complexity index is 1420.